The number of nitrogens with two attached hydrogens (primary N) is 1. The number of alkyl carbamates (subject to hydrolysis) is 1. The smallest absolute Gasteiger partial charge is 0.407 e. The molecule has 2 amide bonds. The lowest BCUT2D eigenvalue weighted by Gasteiger charge is -2.32. The highest BCUT2D eigenvalue weighted by molar-refractivity contribution is 5.68. The van der Waals surface area contributed by atoms with E-state index in [9.17, 15) is 9.59 Å². The first-order valence-corrected chi connectivity index (χ1v) is 7.31. The van der Waals surface area contributed by atoms with E-state index in [0.717, 1.165) is 0 Å². The van der Waals surface area contributed by atoms with Crippen molar-refractivity contribution >= 4 is 12.2 Å². The van der Waals surface area contributed by atoms with E-state index in [1.165, 1.54) is 0 Å². The molecule has 0 rings (SSSR count). The molecule has 132 valence electrons. The summed E-state index contributed by atoms with van der Waals surface area (Å²) in [6.45, 7) is 10.8. The quantitative estimate of drug-likeness (QED) is 0.439. The standard InChI is InChI=1S/C14H27N5O4/c1-13(2,3)10(22-11(15)20)7-9(8-17-19-16)18-12(21)23-14(4,5)6/h9-10H,7-8H2,1-6H3,(H2,15,20)(H,18,21)/t9-,10?/m0/s1. The number of ether oxygens (including phenoxy) is 2. The maximum absolute atomic E-state index is 11.9. The van der Waals surface area contributed by atoms with E-state index in [4.69, 9.17) is 20.7 Å². The van der Waals surface area contributed by atoms with E-state index < -0.39 is 35.3 Å². The third-order valence-electron chi connectivity index (χ3n) is 2.81. The van der Waals surface area contributed by atoms with Crippen molar-refractivity contribution in [2.45, 2.75) is 65.7 Å². The van der Waals surface area contributed by atoms with Crippen LogP contribution >= 0.6 is 0 Å². The molecule has 0 radical (unpaired) electrons. The predicted octanol–water partition coefficient (Wildman–Crippen LogP) is 3.09. The van der Waals surface area contributed by atoms with Crippen LogP contribution in [-0.4, -0.2) is 36.5 Å². The van der Waals surface area contributed by atoms with Gasteiger partial charge in [-0.25, -0.2) is 9.59 Å². The second-order valence-corrected chi connectivity index (χ2v) is 7.28. The third-order valence-corrected chi connectivity index (χ3v) is 2.81. The number of carbonyl (C=O) groups is 2. The zero-order chi connectivity index (χ0) is 18.3. The molecule has 0 saturated carbocycles. The zero-order valence-electron chi connectivity index (χ0n) is 14.6. The van der Waals surface area contributed by atoms with Crippen LogP contribution in [0.1, 0.15) is 48.0 Å². The van der Waals surface area contributed by atoms with Crippen LogP contribution in [0.15, 0.2) is 5.11 Å². The van der Waals surface area contributed by atoms with Crippen LogP contribution in [0.3, 0.4) is 0 Å². The van der Waals surface area contributed by atoms with Gasteiger partial charge in [0.1, 0.15) is 11.7 Å². The molecule has 0 aromatic heterocycles. The van der Waals surface area contributed by atoms with Gasteiger partial charge in [0, 0.05) is 23.9 Å². The Labute approximate surface area is 136 Å². The van der Waals surface area contributed by atoms with Gasteiger partial charge in [-0.05, 0) is 31.7 Å². The number of amides is 2. The van der Waals surface area contributed by atoms with Crippen molar-refractivity contribution < 1.29 is 19.1 Å². The molecule has 0 aliphatic rings. The molecule has 0 aliphatic carbocycles. The second-order valence-electron chi connectivity index (χ2n) is 7.28. The molecular weight excluding hydrogens is 302 g/mol. The van der Waals surface area contributed by atoms with Crippen molar-refractivity contribution in [3.05, 3.63) is 10.4 Å². The van der Waals surface area contributed by atoms with Gasteiger partial charge in [0.25, 0.3) is 0 Å². The molecule has 0 heterocycles. The summed E-state index contributed by atoms with van der Waals surface area (Å²) in [5.41, 5.74) is 12.5. The van der Waals surface area contributed by atoms with Crippen molar-refractivity contribution in [1.29, 1.82) is 0 Å². The topological polar surface area (TPSA) is 139 Å². The summed E-state index contributed by atoms with van der Waals surface area (Å²) in [4.78, 5) is 25.6. The molecule has 0 spiro atoms. The number of hydrogen-bond acceptors (Lipinski definition) is 5. The van der Waals surface area contributed by atoms with Crippen LogP contribution in [0.25, 0.3) is 10.4 Å². The highest BCUT2D eigenvalue weighted by Crippen LogP contribution is 2.26. The van der Waals surface area contributed by atoms with Crippen molar-refractivity contribution in [2.24, 2.45) is 16.3 Å². The summed E-state index contributed by atoms with van der Waals surface area (Å²) in [6.07, 6.45) is -1.86. The highest BCUT2D eigenvalue weighted by atomic mass is 16.6. The Kier molecular flexibility index (Phi) is 7.68. The normalized spacial score (nSPS) is 14.2. The van der Waals surface area contributed by atoms with Gasteiger partial charge in [-0.2, -0.15) is 0 Å². The monoisotopic (exact) mass is 329 g/mol. The number of carbonyl (C=O) groups excluding carboxylic acids is 2. The first-order chi connectivity index (χ1) is 10.3. The number of nitrogens with zero attached hydrogens (tertiary/aromatic N) is 3. The Morgan fingerprint density at radius 3 is 2.22 bits per heavy atom. The summed E-state index contributed by atoms with van der Waals surface area (Å²) in [6, 6.07) is -0.552. The molecule has 0 fully saturated rings. The molecule has 0 aliphatic heterocycles. The maximum Gasteiger partial charge on any atom is 0.407 e. The van der Waals surface area contributed by atoms with Gasteiger partial charge in [-0.15, -0.1) is 0 Å². The fraction of sp³-hybridized carbons (Fsp3) is 0.857. The van der Waals surface area contributed by atoms with E-state index in [2.05, 4.69) is 15.3 Å². The summed E-state index contributed by atoms with van der Waals surface area (Å²) in [5.74, 6) is 0. The second kappa shape index (κ2) is 8.47. The van der Waals surface area contributed by atoms with E-state index in [1.807, 2.05) is 20.8 Å². The number of primary amides is 1. The van der Waals surface area contributed by atoms with Crippen molar-refractivity contribution in [1.82, 2.24) is 5.32 Å². The molecule has 0 aromatic carbocycles. The van der Waals surface area contributed by atoms with Crippen LogP contribution in [-0.2, 0) is 9.47 Å². The van der Waals surface area contributed by atoms with Gasteiger partial charge in [-0.1, -0.05) is 25.9 Å². The zero-order valence-corrected chi connectivity index (χ0v) is 14.6. The molecule has 2 atom stereocenters. The molecule has 0 bridgehead atoms. The first kappa shape index (κ1) is 20.9. The Bertz CT molecular complexity index is 461. The average molecular weight is 329 g/mol. The molecule has 9 heteroatoms. The Morgan fingerprint density at radius 2 is 1.83 bits per heavy atom. The van der Waals surface area contributed by atoms with Gasteiger partial charge < -0.3 is 20.5 Å². The minimum Gasteiger partial charge on any atom is -0.446 e. The first-order valence-electron chi connectivity index (χ1n) is 7.31. The maximum atomic E-state index is 11.9. The van der Waals surface area contributed by atoms with Crippen LogP contribution < -0.4 is 11.1 Å². The summed E-state index contributed by atoms with van der Waals surface area (Å²) < 4.78 is 10.3. The minimum atomic E-state index is -0.898. The Hall–Kier alpha value is -2.15. The van der Waals surface area contributed by atoms with Crippen LogP contribution in [0.2, 0.25) is 0 Å². The predicted molar refractivity (Wildman–Crippen MR) is 85.7 cm³/mol. The Morgan fingerprint density at radius 1 is 1.26 bits per heavy atom. The van der Waals surface area contributed by atoms with E-state index in [1.54, 1.807) is 20.8 Å². The molecule has 23 heavy (non-hydrogen) atoms. The minimum absolute atomic E-state index is 0.00441. The van der Waals surface area contributed by atoms with Gasteiger partial charge in [0.05, 0.1) is 0 Å². The molecular formula is C14H27N5O4. The molecule has 0 aromatic rings. The van der Waals surface area contributed by atoms with Crippen LogP contribution in [0.5, 0.6) is 0 Å². The summed E-state index contributed by atoms with van der Waals surface area (Å²) >= 11 is 0. The van der Waals surface area contributed by atoms with Crippen LogP contribution in [0, 0.1) is 5.41 Å². The van der Waals surface area contributed by atoms with Crippen LogP contribution in [0.4, 0.5) is 9.59 Å². The van der Waals surface area contributed by atoms with E-state index in [-0.39, 0.29) is 13.0 Å². The fourth-order valence-corrected chi connectivity index (χ4v) is 1.77. The van der Waals surface area contributed by atoms with E-state index >= 15 is 0 Å². The largest absolute Gasteiger partial charge is 0.446 e. The van der Waals surface area contributed by atoms with Crippen molar-refractivity contribution in [3.63, 3.8) is 0 Å². The van der Waals surface area contributed by atoms with E-state index in [0.29, 0.717) is 0 Å². The summed E-state index contributed by atoms with van der Waals surface area (Å²) in [5, 5.41) is 6.10. The highest BCUT2D eigenvalue weighted by Gasteiger charge is 2.31. The molecule has 0 saturated heterocycles. The molecule has 3 N–H and O–H groups in total. The van der Waals surface area contributed by atoms with Crippen molar-refractivity contribution in [3.8, 4) is 0 Å². The lowest BCUT2D eigenvalue weighted by atomic mass is 9.85. The molecule has 9 nitrogen and oxygen atoms in total. The van der Waals surface area contributed by atoms with Gasteiger partial charge >= 0.3 is 12.2 Å². The number of azide groups is 1. The average Bonchev–Trinajstić information content (AvgIpc) is 2.30. The van der Waals surface area contributed by atoms with Gasteiger partial charge in [0.2, 0.25) is 0 Å². The lowest BCUT2D eigenvalue weighted by Crippen LogP contribution is -2.45. The SMILES string of the molecule is CC(C)(C)OC(=O)N[C@H](CN=[N+]=[N-])CC(OC(N)=O)C(C)(C)C. The third kappa shape index (κ3) is 10.2. The Balaban J connectivity index is 5.03. The number of nitrogens with one attached hydrogen (secondary N) is 1. The van der Waals surface area contributed by atoms with Crippen molar-refractivity contribution in [2.75, 3.05) is 6.54 Å². The lowest BCUT2D eigenvalue weighted by molar-refractivity contribution is 0.0212. The summed E-state index contributed by atoms with van der Waals surface area (Å²) in [7, 11) is 0. The number of hydrogen-bond donors (Lipinski definition) is 2. The number of rotatable bonds is 6. The van der Waals surface area contributed by atoms with Gasteiger partial charge in [-0.3, -0.25) is 0 Å². The van der Waals surface area contributed by atoms with Gasteiger partial charge in [0.15, 0.2) is 0 Å². The molecule has 1 unspecified atom stereocenters. The fourth-order valence-electron chi connectivity index (χ4n) is 1.77.